The zero-order valence-corrected chi connectivity index (χ0v) is 17.1. The summed E-state index contributed by atoms with van der Waals surface area (Å²) in [5, 5.41) is 22.2. The van der Waals surface area contributed by atoms with Crippen molar-refractivity contribution >= 4 is 24.6 Å². The maximum atomic E-state index is 14.2. The van der Waals surface area contributed by atoms with Crippen LogP contribution in [0, 0.1) is 12.7 Å². The molecule has 31 heavy (non-hydrogen) atoms. The van der Waals surface area contributed by atoms with E-state index in [0.717, 1.165) is 27.9 Å². The number of carbonyl (C=O) groups excluding carboxylic acids is 2. The number of para-hydroxylation sites is 2. The molecule has 2 amide bonds. The average molecular weight is 426 g/mol. The fourth-order valence-electron chi connectivity index (χ4n) is 3.68. The third-order valence-corrected chi connectivity index (χ3v) is 5.24. The Labute approximate surface area is 180 Å². The van der Waals surface area contributed by atoms with E-state index >= 15 is 0 Å². The van der Waals surface area contributed by atoms with Gasteiger partial charge in [0.2, 0.25) is 5.91 Å². The summed E-state index contributed by atoms with van der Waals surface area (Å²) < 4.78 is 19.9. The summed E-state index contributed by atoms with van der Waals surface area (Å²) in [5.74, 6) is -2.37. The van der Waals surface area contributed by atoms with E-state index in [4.69, 9.17) is 4.74 Å². The zero-order chi connectivity index (χ0) is 22.5. The highest BCUT2D eigenvalue weighted by Crippen LogP contribution is 2.38. The number of hydrogen-bond acceptors (Lipinski definition) is 5. The minimum Gasteiger partial charge on any atom is -0.492 e. The summed E-state index contributed by atoms with van der Waals surface area (Å²) in [4.78, 5) is 25.8. The number of ether oxygens (including phenoxy) is 1. The van der Waals surface area contributed by atoms with Gasteiger partial charge in [-0.05, 0) is 37.1 Å². The number of hydrogen-bond donors (Lipinski definition) is 3. The standard InChI is InChI=1S/C22H24BFN2O5/c1-3-21(28)26(18-10-5-4-9-17(18)24)12-20(27)25-19(23(29)30)11-15-13-31-22-14(2)7-6-8-16(15)22/h3-10,15,19,29-30H,1,11-13H2,2H3,(H,25,27)/t15-,19-/m0/s1. The molecule has 2 aromatic carbocycles. The number of amides is 2. The topological polar surface area (TPSA) is 99.1 Å². The summed E-state index contributed by atoms with van der Waals surface area (Å²) in [6, 6.07) is 11.3. The fraction of sp³-hybridized carbons (Fsp3) is 0.273. The van der Waals surface area contributed by atoms with Crippen LogP contribution >= 0.6 is 0 Å². The van der Waals surface area contributed by atoms with Gasteiger partial charge in [0.25, 0.3) is 5.91 Å². The van der Waals surface area contributed by atoms with Crippen molar-refractivity contribution in [1.29, 1.82) is 0 Å². The summed E-state index contributed by atoms with van der Waals surface area (Å²) in [6.45, 7) is 5.17. The van der Waals surface area contributed by atoms with Crippen molar-refractivity contribution in [2.24, 2.45) is 0 Å². The maximum absolute atomic E-state index is 14.2. The smallest absolute Gasteiger partial charge is 0.475 e. The molecule has 162 valence electrons. The van der Waals surface area contributed by atoms with Crippen molar-refractivity contribution in [1.82, 2.24) is 5.32 Å². The lowest BCUT2D eigenvalue weighted by atomic mass is 9.73. The lowest BCUT2D eigenvalue weighted by molar-refractivity contribution is -0.122. The first-order chi connectivity index (χ1) is 14.8. The zero-order valence-electron chi connectivity index (χ0n) is 17.1. The molecular formula is C22H24BFN2O5. The van der Waals surface area contributed by atoms with Gasteiger partial charge in [-0.3, -0.25) is 14.5 Å². The number of rotatable bonds is 8. The number of halogens is 1. The van der Waals surface area contributed by atoms with E-state index in [9.17, 15) is 24.0 Å². The van der Waals surface area contributed by atoms with E-state index in [1.165, 1.54) is 18.2 Å². The van der Waals surface area contributed by atoms with E-state index in [2.05, 4.69) is 11.9 Å². The van der Waals surface area contributed by atoms with Gasteiger partial charge < -0.3 is 20.1 Å². The van der Waals surface area contributed by atoms with Crippen LogP contribution in [0.3, 0.4) is 0 Å². The average Bonchev–Trinajstić information content (AvgIpc) is 3.15. The Kier molecular flexibility index (Phi) is 7.09. The van der Waals surface area contributed by atoms with E-state index in [0.29, 0.717) is 6.61 Å². The third-order valence-electron chi connectivity index (χ3n) is 5.24. The minimum atomic E-state index is -1.82. The van der Waals surface area contributed by atoms with E-state index in [1.807, 2.05) is 25.1 Å². The van der Waals surface area contributed by atoms with Crippen molar-refractivity contribution in [2.75, 3.05) is 18.1 Å². The largest absolute Gasteiger partial charge is 0.492 e. The molecule has 1 aliphatic rings. The number of fused-ring (bicyclic) bond motifs is 1. The lowest BCUT2D eigenvalue weighted by Gasteiger charge is -2.25. The molecule has 3 rings (SSSR count). The van der Waals surface area contributed by atoms with Crippen LogP contribution in [0.1, 0.15) is 23.5 Å². The molecule has 1 heterocycles. The van der Waals surface area contributed by atoms with Crippen LogP contribution in [0.15, 0.2) is 55.1 Å². The van der Waals surface area contributed by atoms with Crippen LogP contribution < -0.4 is 15.0 Å². The van der Waals surface area contributed by atoms with Crippen molar-refractivity contribution in [3.8, 4) is 5.75 Å². The van der Waals surface area contributed by atoms with Crippen molar-refractivity contribution in [2.45, 2.75) is 25.2 Å². The van der Waals surface area contributed by atoms with Gasteiger partial charge >= 0.3 is 7.12 Å². The Hall–Kier alpha value is -3.17. The molecular weight excluding hydrogens is 402 g/mol. The highest BCUT2D eigenvalue weighted by Gasteiger charge is 2.34. The summed E-state index contributed by atoms with van der Waals surface area (Å²) >= 11 is 0. The highest BCUT2D eigenvalue weighted by molar-refractivity contribution is 6.43. The molecule has 0 bridgehead atoms. The summed E-state index contributed by atoms with van der Waals surface area (Å²) in [5.41, 5.74) is 1.85. The van der Waals surface area contributed by atoms with Crippen LogP contribution in [0.25, 0.3) is 0 Å². The number of anilines is 1. The fourth-order valence-corrected chi connectivity index (χ4v) is 3.68. The first kappa shape index (κ1) is 22.5. The second-order valence-electron chi connectivity index (χ2n) is 7.40. The SMILES string of the molecule is C=CC(=O)N(CC(=O)N[C@@H](C[C@H]1COc2c(C)cccc21)B(O)O)c1ccccc1F. The molecule has 2 atom stereocenters. The first-order valence-electron chi connectivity index (χ1n) is 9.88. The molecule has 0 unspecified atom stereocenters. The van der Waals surface area contributed by atoms with Gasteiger partial charge in [-0.15, -0.1) is 0 Å². The summed E-state index contributed by atoms with van der Waals surface area (Å²) in [6.07, 6.45) is 1.20. The Balaban J connectivity index is 1.72. The highest BCUT2D eigenvalue weighted by atomic mass is 19.1. The first-order valence-corrected chi connectivity index (χ1v) is 9.88. The number of nitrogens with one attached hydrogen (secondary N) is 1. The van der Waals surface area contributed by atoms with Gasteiger partial charge in [0.15, 0.2) is 0 Å². The van der Waals surface area contributed by atoms with Gasteiger partial charge in [-0.2, -0.15) is 0 Å². The van der Waals surface area contributed by atoms with Crippen molar-refractivity contribution < 1.29 is 28.8 Å². The molecule has 2 aromatic rings. The molecule has 0 aliphatic carbocycles. The quantitative estimate of drug-likeness (QED) is 0.441. The van der Waals surface area contributed by atoms with Crippen molar-refractivity contribution in [3.05, 3.63) is 72.1 Å². The lowest BCUT2D eigenvalue weighted by Crippen LogP contribution is -2.51. The second kappa shape index (κ2) is 9.76. The number of carbonyl (C=O) groups is 2. The van der Waals surface area contributed by atoms with Crippen LogP contribution in [-0.2, 0) is 9.59 Å². The van der Waals surface area contributed by atoms with Crippen LogP contribution in [0.4, 0.5) is 10.1 Å². The monoisotopic (exact) mass is 426 g/mol. The predicted molar refractivity (Wildman–Crippen MR) is 115 cm³/mol. The molecule has 0 fully saturated rings. The van der Waals surface area contributed by atoms with Gasteiger partial charge in [-0.1, -0.05) is 36.9 Å². The molecule has 9 heteroatoms. The normalized spacial score (nSPS) is 15.4. The molecule has 3 N–H and O–H groups in total. The van der Waals surface area contributed by atoms with Crippen molar-refractivity contribution in [3.63, 3.8) is 0 Å². The Morgan fingerprint density at radius 2 is 2.06 bits per heavy atom. The minimum absolute atomic E-state index is 0.0720. The predicted octanol–water partition coefficient (Wildman–Crippen LogP) is 1.72. The summed E-state index contributed by atoms with van der Waals surface area (Å²) in [7, 11) is -1.82. The van der Waals surface area contributed by atoms with E-state index < -0.39 is 37.2 Å². The Bertz CT molecular complexity index is 984. The molecule has 0 saturated heterocycles. The molecule has 1 aliphatic heterocycles. The van der Waals surface area contributed by atoms with Crippen LogP contribution in [0.5, 0.6) is 5.75 Å². The van der Waals surface area contributed by atoms with E-state index in [1.54, 1.807) is 6.07 Å². The molecule has 0 spiro atoms. The van der Waals surface area contributed by atoms with Crippen LogP contribution in [0.2, 0.25) is 0 Å². The molecule has 0 radical (unpaired) electrons. The Morgan fingerprint density at radius 3 is 2.74 bits per heavy atom. The van der Waals surface area contributed by atoms with Gasteiger partial charge in [0.05, 0.1) is 18.2 Å². The molecule has 0 saturated carbocycles. The number of benzene rings is 2. The van der Waals surface area contributed by atoms with Gasteiger partial charge in [0, 0.05) is 11.5 Å². The van der Waals surface area contributed by atoms with E-state index in [-0.39, 0.29) is 18.0 Å². The van der Waals surface area contributed by atoms with Crippen LogP contribution in [-0.4, -0.2) is 48.1 Å². The number of nitrogens with zero attached hydrogens (tertiary/aromatic N) is 1. The molecule has 7 nitrogen and oxygen atoms in total. The van der Waals surface area contributed by atoms with Gasteiger partial charge in [-0.25, -0.2) is 4.39 Å². The van der Waals surface area contributed by atoms with Gasteiger partial charge in [0.1, 0.15) is 18.1 Å². The Morgan fingerprint density at radius 1 is 1.32 bits per heavy atom. The number of aryl methyl sites for hydroxylation is 1. The third kappa shape index (κ3) is 5.12. The maximum Gasteiger partial charge on any atom is 0.475 e. The molecule has 0 aromatic heterocycles. The second-order valence-corrected chi connectivity index (χ2v) is 7.40.